The summed E-state index contributed by atoms with van der Waals surface area (Å²) in [6.45, 7) is 0. The number of halogens is 1. The molecule has 0 unspecified atom stereocenters. The van der Waals surface area contributed by atoms with E-state index in [-0.39, 0.29) is 33.4 Å². The number of benzene rings is 2. The second-order valence-electron chi connectivity index (χ2n) is 5.97. The number of nitro benzene ring substituents is 1. The van der Waals surface area contributed by atoms with Crippen molar-refractivity contribution >= 4 is 35.0 Å². The van der Waals surface area contributed by atoms with Crippen LogP contribution in [0.15, 0.2) is 64.6 Å². The minimum atomic E-state index is -0.627. The fourth-order valence-electron chi connectivity index (χ4n) is 2.60. The Bertz CT molecular complexity index is 1180. The number of nitrogens with zero attached hydrogens (tertiary/aromatic N) is 2. The minimum absolute atomic E-state index is 0.190. The number of amides is 1. The van der Waals surface area contributed by atoms with Crippen molar-refractivity contribution in [2.24, 2.45) is 0 Å². The van der Waals surface area contributed by atoms with Gasteiger partial charge in [0.05, 0.1) is 17.6 Å². The molecule has 0 fully saturated rings. The Morgan fingerprint density at radius 1 is 1.23 bits per heavy atom. The Balaban J connectivity index is 1.84. The molecule has 3 rings (SSSR count). The van der Waals surface area contributed by atoms with Gasteiger partial charge in [0.25, 0.3) is 11.6 Å². The number of furan rings is 1. The molecule has 0 radical (unpaired) electrons. The molecule has 0 spiro atoms. The van der Waals surface area contributed by atoms with Crippen molar-refractivity contribution in [2.45, 2.75) is 0 Å². The van der Waals surface area contributed by atoms with E-state index in [1.165, 1.54) is 43.5 Å². The lowest BCUT2D eigenvalue weighted by Gasteiger charge is -2.05. The molecule has 1 amide bonds. The van der Waals surface area contributed by atoms with Gasteiger partial charge < -0.3 is 14.5 Å². The number of carbonyl (C=O) groups excluding carboxylic acids is 1. The van der Waals surface area contributed by atoms with Gasteiger partial charge in [0, 0.05) is 22.9 Å². The number of hydrogen-bond donors (Lipinski definition) is 1. The van der Waals surface area contributed by atoms with Crippen molar-refractivity contribution in [3.8, 4) is 23.1 Å². The highest BCUT2D eigenvalue weighted by atomic mass is 35.5. The van der Waals surface area contributed by atoms with Gasteiger partial charge in [-0.25, -0.2) is 0 Å². The van der Waals surface area contributed by atoms with E-state index in [1.807, 2.05) is 6.07 Å². The summed E-state index contributed by atoms with van der Waals surface area (Å²) < 4.78 is 10.6. The van der Waals surface area contributed by atoms with Crippen molar-refractivity contribution in [1.82, 2.24) is 0 Å². The summed E-state index contributed by atoms with van der Waals surface area (Å²) in [5.74, 6) is 0.398. The summed E-state index contributed by atoms with van der Waals surface area (Å²) in [4.78, 5) is 23.1. The lowest BCUT2D eigenvalue weighted by Crippen LogP contribution is -2.13. The molecule has 0 aliphatic heterocycles. The van der Waals surface area contributed by atoms with Crippen LogP contribution in [-0.2, 0) is 4.79 Å². The van der Waals surface area contributed by atoms with E-state index < -0.39 is 10.8 Å². The van der Waals surface area contributed by atoms with Crippen molar-refractivity contribution in [2.75, 3.05) is 12.4 Å². The van der Waals surface area contributed by atoms with E-state index in [2.05, 4.69) is 5.32 Å². The van der Waals surface area contributed by atoms with Crippen LogP contribution in [0.1, 0.15) is 5.76 Å². The summed E-state index contributed by atoms with van der Waals surface area (Å²) >= 11 is 5.83. The third-order valence-electron chi connectivity index (χ3n) is 4.05. The molecule has 2 aromatic carbocycles. The van der Waals surface area contributed by atoms with Crippen LogP contribution >= 0.6 is 11.6 Å². The predicted octanol–water partition coefficient (Wildman–Crippen LogP) is 5.06. The monoisotopic (exact) mass is 423 g/mol. The summed E-state index contributed by atoms with van der Waals surface area (Å²) in [6, 6.07) is 15.6. The highest BCUT2D eigenvalue weighted by Gasteiger charge is 2.19. The summed E-state index contributed by atoms with van der Waals surface area (Å²) in [7, 11) is 1.53. The maximum Gasteiger partial charge on any atom is 0.281 e. The van der Waals surface area contributed by atoms with E-state index in [9.17, 15) is 20.2 Å². The van der Waals surface area contributed by atoms with Crippen LogP contribution in [0.5, 0.6) is 5.75 Å². The molecule has 9 heteroatoms. The standard InChI is InChI=1S/C21H14ClN3O5/c1-29-16-5-3-15(4-6-16)24-21(26)13(12-23)10-17-7-9-20(30-17)18-8-2-14(22)11-19(18)25(27)28/h2-11H,1H3,(H,24,26)/b13-10-. The van der Waals surface area contributed by atoms with Gasteiger partial charge >= 0.3 is 0 Å². The quantitative estimate of drug-likeness (QED) is 0.256. The maximum absolute atomic E-state index is 12.4. The summed E-state index contributed by atoms with van der Waals surface area (Å²) in [6.07, 6.45) is 1.25. The molecule has 0 aliphatic rings. The molecule has 0 bridgehead atoms. The maximum atomic E-state index is 12.4. The lowest BCUT2D eigenvalue weighted by atomic mass is 10.1. The topological polar surface area (TPSA) is 118 Å². The van der Waals surface area contributed by atoms with Crippen LogP contribution in [0.3, 0.4) is 0 Å². The second kappa shape index (κ2) is 8.94. The number of methoxy groups -OCH3 is 1. The molecule has 1 aromatic heterocycles. The molecule has 0 aliphatic carbocycles. The molecule has 150 valence electrons. The molecule has 0 atom stereocenters. The van der Waals surface area contributed by atoms with Crippen molar-refractivity contribution in [3.05, 3.63) is 81.1 Å². The van der Waals surface area contributed by atoms with Crippen LogP contribution in [0.25, 0.3) is 17.4 Å². The molecular formula is C21H14ClN3O5. The largest absolute Gasteiger partial charge is 0.497 e. The molecule has 3 aromatic rings. The first kappa shape index (κ1) is 20.6. The SMILES string of the molecule is COc1ccc(NC(=O)/C(C#N)=C\c2ccc(-c3ccc(Cl)cc3[N+](=O)[O-])o2)cc1. The van der Waals surface area contributed by atoms with Crippen molar-refractivity contribution in [3.63, 3.8) is 0 Å². The molecule has 0 saturated heterocycles. The van der Waals surface area contributed by atoms with Gasteiger partial charge in [-0.05, 0) is 48.5 Å². The lowest BCUT2D eigenvalue weighted by molar-refractivity contribution is -0.384. The molecule has 1 heterocycles. The first-order valence-corrected chi connectivity index (χ1v) is 8.90. The van der Waals surface area contributed by atoms with Crippen LogP contribution in [0, 0.1) is 21.4 Å². The molecule has 30 heavy (non-hydrogen) atoms. The molecule has 0 saturated carbocycles. The number of anilines is 1. The zero-order chi connectivity index (χ0) is 21.7. The number of nitriles is 1. The third-order valence-corrected chi connectivity index (χ3v) is 4.28. The fourth-order valence-corrected chi connectivity index (χ4v) is 2.77. The Hall–Kier alpha value is -4.09. The number of carbonyl (C=O) groups is 1. The molecule has 1 N–H and O–H groups in total. The van der Waals surface area contributed by atoms with Crippen LogP contribution in [0.2, 0.25) is 5.02 Å². The van der Waals surface area contributed by atoms with Gasteiger partial charge in [0.15, 0.2) is 0 Å². The molecular weight excluding hydrogens is 410 g/mol. The second-order valence-corrected chi connectivity index (χ2v) is 6.41. The smallest absolute Gasteiger partial charge is 0.281 e. The third kappa shape index (κ3) is 4.66. The average molecular weight is 424 g/mol. The summed E-state index contributed by atoms with van der Waals surface area (Å²) in [5, 5.41) is 23.4. The summed E-state index contributed by atoms with van der Waals surface area (Å²) in [5.41, 5.74) is 0.298. The van der Waals surface area contributed by atoms with Gasteiger partial charge in [-0.3, -0.25) is 14.9 Å². The van der Waals surface area contributed by atoms with E-state index >= 15 is 0 Å². The number of hydrogen-bond acceptors (Lipinski definition) is 6. The zero-order valence-electron chi connectivity index (χ0n) is 15.6. The van der Waals surface area contributed by atoms with Crippen LogP contribution in [0.4, 0.5) is 11.4 Å². The van der Waals surface area contributed by atoms with Crippen molar-refractivity contribution in [1.29, 1.82) is 5.26 Å². The van der Waals surface area contributed by atoms with Gasteiger partial charge in [-0.2, -0.15) is 5.26 Å². The van der Waals surface area contributed by atoms with Crippen molar-refractivity contribution < 1.29 is 18.9 Å². The zero-order valence-corrected chi connectivity index (χ0v) is 16.3. The Kier molecular flexibility index (Phi) is 6.15. The van der Waals surface area contributed by atoms with E-state index in [4.69, 9.17) is 20.8 Å². The van der Waals surface area contributed by atoms with Gasteiger partial charge in [-0.1, -0.05) is 11.6 Å². The Morgan fingerprint density at radius 3 is 2.60 bits per heavy atom. The predicted molar refractivity (Wildman–Crippen MR) is 111 cm³/mol. The van der Waals surface area contributed by atoms with Crippen LogP contribution < -0.4 is 10.1 Å². The van der Waals surface area contributed by atoms with E-state index in [0.29, 0.717) is 11.4 Å². The highest BCUT2D eigenvalue weighted by molar-refractivity contribution is 6.30. The first-order chi connectivity index (χ1) is 14.4. The van der Waals surface area contributed by atoms with Gasteiger partial charge in [-0.15, -0.1) is 0 Å². The Labute approximate surface area is 176 Å². The fraction of sp³-hybridized carbons (Fsp3) is 0.0476. The number of nitro groups is 1. The minimum Gasteiger partial charge on any atom is -0.497 e. The molecule has 8 nitrogen and oxygen atoms in total. The van der Waals surface area contributed by atoms with Crippen LogP contribution in [-0.4, -0.2) is 17.9 Å². The van der Waals surface area contributed by atoms with Gasteiger partial charge in [0.2, 0.25) is 0 Å². The highest BCUT2D eigenvalue weighted by Crippen LogP contribution is 2.33. The number of nitrogens with one attached hydrogen (secondary N) is 1. The average Bonchev–Trinajstić information content (AvgIpc) is 3.20. The van der Waals surface area contributed by atoms with E-state index in [1.54, 1.807) is 24.3 Å². The normalized spacial score (nSPS) is 10.9. The Morgan fingerprint density at radius 2 is 1.97 bits per heavy atom. The number of ether oxygens (including phenoxy) is 1. The number of rotatable bonds is 6. The van der Waals surface area contributed by atoms with Gasteiger partial charge in [0.1, 0.15) is 28.9 Å². The van der Waals surface area contributed by atoms with E-state index in [0.717, 1.165) is 0 Å². The first-order valence-electron chi connectivity index (χ1n) is 8.52.